The van der Waals surface area contributed by atoms with Crippen LogP contribution in [-0.2, 0) is 16.0 Å². The third-order valence-corrected chi connectivity index (χ3v) is 3.62. The van der Waals surface area contributed by atoms with Crippen molar-refractivity contribution in [3.63, 3.8) is 0 Å². The first-order valence-corrected chi connectivity index (χ1v) is 7.76. The van der Waals surface area contributed by atoms with Gasteiger partial charge in [0, 0.05) is 30.8 Å². The van der Waals surface area contributed by atoms with Crippen molar-refractivity contribution in [3.05, 3.63) is 48.2 Å². The van der Waals surface area contributed by atoms with E-state index in [0.29, 0.717) is 19.4 Å². The van der Waals surface area contributed by atoms with Gasteiger partial charge in [0.2, 0.25) is 5.91 Å². The van der Waals surface area contributed by atoms with E-state index >= 15 is 0 Å². The SMILES string of the molecule is CC(CNC(=O)CCc1ccc(-c2ccccc2)[nH]1)CC(=O)O. The molecule has 0 radical (unpaired) electrons. The summed E-state index contributed by atoms with van der Waals surface area (Å²) < 4.78 is 0. The summed E-state index contributed by atoms with van der Waals surface area (Å²) in [5.74, 6) is -0.962. The minimum Gasteiger partial charge on any atom is -0.481 e. The van der Waals surface area contributed by atoms with Crippen LogP contribution < -0.4 is 5.32 Å². The van der Waals surface area contributed by atoms with Crippen molar-refractivity contribution in [1.82, 2.24) is 10.3 Å². The molecule has 3 N–H and O–H groups in total. The monoisotopic (exact) mass is 314 g/mol. The quantitative estimate of drug-likeness (QED) is 0.700. The highest BCUT2D eigenvalue weighted by Crippen LogP contribution is 2.18. The molecule has 0 aliphatic carbocycles. The molecular weight excluding hydrogens is 292 g/mol. The summed E-state index contributed by atoms with van der Waals surface area (Å²) in [4.78, 5) is 25.7. The minimum atomic E-state index is -0.841. The second-order valence-corrected chi connectivity index (χ2v) is 5.77. The average Bonchev–Trinajstić information content (AvgIpc) is 3.00. The summed E-state index contributed by atoms with van der Waals surface area (Å²) in [5.41, 5.74) is 3.17. The van der Waals surface area contributed by atoms with E-state index in [9.17, 15) is 9.59 Å². The van der Waals surface area contributed by atoms with E-state index in [1.807, 2.05) is 49.4 Å². The Morgan fingerprint density at radius 3 is 2.61 bits per heavy atom. The first-order valence-electron chi connectivity index (χ1n) is 7.76. The Hall–Kier alpha value is -2.56. The Labute approximate surface area is 135 Å². The number of carboxylic acids is 1. The zero-order chi connectivity index (χ0) is 16.7. The lowest BCUT2D eigenvalue weighted by atomic mass is 10.1. The summed E-state index contributed by atoms with van der Waals surface area (Å²) in [7, 11) is 0. The largest absolute Gasteiger partial charge is 0.481 e. The van der Waals surface area contributed by atoms with Gasteiger partial charge in [0.1, 0.15) is 0 Å². The molecule has 1 atom stereocenters. The smallest absolute Gasteiger partial charge is 0.303 e. The standard InChI is InChI=1S/C18H22N2O3/c1-13(11-18(22)23)12-19-17(21)10-8-15-7-9-16(20-15)14-5-3-2-4-6-14/h2-7,9,13,20H,8,10-12H2,1H3,(H,19,21)(H,22,23). The van der Waals surface area contributed by atoms with Gasteiger partial charge in [-0.3, -0.25) is 9.59 Å². The Morgan fingerprint density at radius 1 is 1.17 bits per heavy atom. The molecule has 0 aliphatic heterocycles. The topological polar surface area (TPSA) is 82.2 Å². The highest BCUT2D eigenvalue weighted by molar-refractivity contribution is 5.76. The second kappa shape index (κ2) is 8.17. The zero-order valence-corrected chi connectivity index (χ0v) is 13.2. The Morgan fingerprint density at radius 2 is 1.91 bits per heavy atom. The molecule has 0 saturated heterocycles. The van der Waals surface area contributed by atoms with Crippen LogP contribution in [0.4, 0.5) is 0 Å². The second-order valence-electron chi connectivity index (χ2n) is 5.77. The number of carbonyl (C=O) groups is 2. The molecule has 1 heterocycles. The van der Waals surface area contributed by atoms with Gasteiger partial charge in [0.15, 0.2) is 0 Å². The molecule has 0 saturated carbocycles. The first-order chi connectivity index (χ1) is 11.0. The van der Waals surface area contributed by atoms with Crippen LogP contribution in [0, 0.1) is 5.92 Å². The number of aryl methyl sites for hydroxylation is 1. The lowest BCUT2D eigenvalue weighted by Gasteiger charge is -2.10. The minimum absolute atomic E-state index is 0.0573. The maximum Gasteiger partial charge on any atom is 0.303 e. The molecule has 1 aromatic heterocycles. The van der Waals surface area contributed by atoms with Gasteiger partial charge < -0.3 is 15.4 Å². The van der Waals surface area contributed by atoms with E-state index < -0.39 is 5.97 Å². The number of hydrogen-bond acceptors (Lipinski definition) is 2. The van der Waals surface area contributed by atoms with Crippen molar-refractivity contribution >= 4 is 11.9 Å². The maximum absolute atomic E-state index is 11.8. The van der Waals surface area contributed by atoms with Crippen LogP contribution >= 0.6 is 0 Å². The normalized spacial score (nSPS) is 11.9. The summed E-state index contributed by atoms with van der Waals surface area (Å²) in [6.45, 7) is 2.20. The number of aromatic amines is 1. The van der Waals surface area contributed by atoms with Crippen LogP contribution in [0.3, 0.4) is 0 Å². The fourth-order valence-electron chi connectivity index (χ4n) is 2.37. The highest BCUT2D eigenvalue weighted by Gasteiger charge is 2.10. The highest BCUT2D eigenvalue weighted by atomic mass is 16.4. The molecule has 1 unspecified atom stereocenters. The number of nitrogens with one attached hydrogen (secondary N) is 2. The number of aliphatic carboxylic acids is 1. The van der Waals surface area contributed by atoms with Crippen LogP contribution in [0.25, 0.3) is 11.3 Å². The van der Waals surface area contributed by atoms with Crippen LogP contribution in [0.1, 0.15) is 25.5 Å². The summed E-state index contributed by atoms with van der Waals surface area (Å²) in [5, 5.41) is 11.5. The van der Waals surface area contributed by atoms with Crippen LogP contribution in [0.2, 0.25) is 0 Å². The number of H-pyrrole nitrogens is 1. The number of benzene rings is 1. The number of hydrogen-bond donors (Lipinski definition) is 3. The number of carboxylic acid groups (broad SMARTS) is 1. The van der Waals surface area contributed by atoms with Crippen molar-refractivity contribution in [2.75, 3.05) is 6.54 Å². The van der Waals surface area contributed by atoms with Gasteiger partial charge in [-0.05, 0) is 30.0 Å². The van der Waals surface area contributed by atoms with Crippen LogP contribution in [0.5, 0.6) is 0 Å². The van der Waals surface area contributed by atoms with Gasteiger partial charge >= 0.3 is 5.97 Å². The number of aromatic nitrogens is 1. The van der Waals surface area contributed by atoms with Gasteiger partial charge in [-0.2, -0.15) is 0 Å². The van der Waals surface area contributed by atoms with Crippen molar-refractivity contribution in [3.8, 4) is 11.3 Å². The third kappa shape index (κ3) is 5.62. The number of carbonyl (C=O) groups excluding carboxylic acids is 1. The number of rotatable bonds is 8. The van der Waals surface area contributed by atoms with Crippen molar-refractivity contribution in [2.45, 2.75) is 26.2 Å². The van der Waals surface area contributed by atoms with Crippen LogP contribution in [-0.4, -0.2) is 28.5 Å². The predicted molar refractivity (Wildman–Crippen MR) is 89.0 cm³/mol. The average molecular weight is 314 g/mol. The molecule has 5 heteroatoms. The fourth-order valence-corrected chi connectivity index (χ4v) is 2.37. The lowest BCUT2D eigenvalue weighted by molar-refractivity contribution is -0.138. The molecule has 2 aromatic rings. The zero-order valence-electron chi connectivity index (χ0n) is 13.2. The fraction of sp³-hybridized carbons (Fsp3) is 0.333. The Balaban J connectivity index is 1.77. The van der Waals surface area contributed by atoms with E-state index in [4.69, 9.17) is 5.11 Å². The molecule has 5 nitrogen and oxygen atoms in total. The molecule has 1 aromatic carbocycles. The van der Waals surface area contributed by atoms with Gasteiger partial charge in [-0.1, -0.05) is 37.3 Å². The summed E-state index contributed by atoms with van der Waals surface area (Å²) >= 11 is 0. The third-order valence-electron chi connectivity index (χ3n) is 3.62. The molecule has 0 aliphatic rings. The molecule has 0 spiro atoms. The first kappa shape index (κ1) is 16.8. The van der Waals surface area contributed by atoms with E-state index in [0.717, 1.165) is 17.0 Å². The predicted octanol–water partition coefficient (Wildman–Crippen LogP) is 2.84. The van der Waals surface area contributed by atoms with Gasteiger partial charge in [-0.25, -0.2) is 0 Å². The van der Waals surface area contributed by atoms with Gasteiger partial charge in [-0.15, -0.1) is 0 Å². The molecule has 1 amide bonds. The van der Waals surface area contributed by atoms with Crippen molar-refractivity contribution in [2.24, 2.45) is 5.92 Å². The Bertz CT molecular complexity index is 649. The summed E-state index contributed by atoms with van der Waals surface area (Å²) in [6.07, 6.45) is 1.08. The molecule has 122 valence electrons. The van der Waals surface area contributed by atoms with Crippen molar-refractivity contribution < 1.29 is 14.7 Å². The van der Waals surface area contributed by atoms with E-state index in [1.165, 1.54) is 0 Å². The summed E-state index contributed by atoms with van der Waals surface area (Å²) in [6, 6.07) is 14.0. The Kier molecular flexibility index (Phi) is 5.97. The molecule has 0 fully saturated rings. The van der Waals surface area contributed by atoms with Gasteiger partial charge in [0.05, 0.1) is 0 Å². The molecule has 23 heavy (non-hydrogen) atoms. The van der Waals surface area contributed by atoms with E-state index in [2.05, 4.69) is 10.3 Å². The lowest BCUT2D eigenvalue weighted by Crippen LogP contribution is -2.29. The van der Waals surface area contributed by atoms with E-state index in [-0.39, 0.29) is 18.2 Å². The molecule has 0 bridgehead atoms. The van der Waals surface area contributed by atoms with Gasteiger partial charge in [0.25, 0.3) is 0 Å². The molecular formula is C18H22N2O3. The van der Waals surface area contributed by atoms with Crippen LogP contribution in [0.15, 0.2) is 42.5 Å². The molecule has 2 rings (SSSR count). The van der Waals surface area contributed by atoms with E-state index in [1.54, 1.807) is 0 Å². The van der Waals surface area contributed by atoms with Crippen molar-refractivity contribution in [1.29, 1.82) is 0 Å². The number of amides is 1. The maximum atomic E-state index is 11.8.